The molecule has 0 saturated carbocycles. The number of anilines is 1. The van der Waals surface area contributed by atoms with Crippen molar-refractivity contribution >= 4 is 11.7 Å². The van der Waals surface area contributed by atoms with Gasteiger partial charge in [0.25, 0.3) is 0 Å². The van der Waals surface area contributed by atoms with E-state index in [1.54, 1.807) is 37.4 Å². The van der Waals surface area contributed by atoms with Gasteiger partial charge >= 0.3 is 6.03 Å². The van der Waals surface area contributed by atoms with Crippen LogP contribution in [0.4, 0.5) is 14.9 Å². The van der Waals surface area contributed by atoms with Crippen LogP contribution in [0.3, 0.4) is 0 Å². The number of nitrogens with one attached hydrogen (secondary N) is 2. The SMILES string of the molecule is COc1ccc(NC(=O)NC[C@H](OC)c2cccc(F)c2)c(OC)c1. The number of benzene rings is 2. The zero-order chi connectivity index (χ0) is 18.2. The molecule has 0 spiro atoms. The highest BCUT2D eigenvalue weighted by atomic mass is 19.1. The van der Waals surface area contributed by atoms with E-state index in [0.29, 0.717) is 22.7 Å². The van der Waals surface area contributed by atoms with Gasteiger partial charge in [-0.3, -0.25) is 0 Å². The van der Waals surface area contributed by atoms with E-state index in [2.05, 4.69) is 10.6 Å². The molecule has 0 aliphatic carbocycles. The fourth-order valence-electron chi connectivity index (χ4n) is 2.30. The maximum Gasteiger partial charge on any atom is 0.319 e. The van der Waals surface area contributed by atoms with Gasteiger partial charge in [-0.1, -0.05) is 12.1 Å². The molecule has 25 heavy (non-hydrogen) atoms. The Morgan fingerprint density at radius 3 is 2.56 bits per heavy atom. The number of methoxy groups -OCH3 is 3. The third kappa shape index (κ3) is 5.09. The largest absolute Gasteiger partial charge is 0.497 e. The number of urea groups is 1. The van der Waals surface area contributed by atoms with Crippen LogP contribution in [0.1, 0.15) is 11.7 Å². The van der Waals surface area contributed by atoms with Crippen LogP contribution < -0.4 is 20.1 Å². The van der Waals surface area contributed by atoms with Crippen LogP contribution in [0.2, 0.25) is 0 Å². The lowest BCUT2D eigenvalue weighted by molar-refractivity contribution is 0.104. The van der Waals surface area contributed by atoms with Gasteiger partial charge in [0.1, 0.15) is 17.3 Å². The van der Waals surface area contributed by atoms with Gasteiger partial charge in [0.15, 0.2) is 0 Å². The molecule has 0 fully saturated rings. The molecule has 0 radical (unpaired) electrons. The number of carbonyl (C=O) groups is 1. The molecule has 2 amide bonds. The van der Waals surface area contributed by atoms with Crippen LogP contribution in [0, 0.1) is 5.82 Å². The Bertz CT molecular complexity index is 724. The van der Waals surface area contributed by atoms with Crippen LogP contribution in [0.25, 0.3) is 0 Å². The van der Waals surface area contributed by atoms with E-state index in [1.165, 1.54) is 26.4 Å². The minimum absolute atomic E-state index is 0.185. The van der Waals surface area contributed by atoms with Crippen molar-refractivity contribution in [3.63, 3.8) is 0 Å². The van der Waals surface area contributed by atoms with Crippen molar-refractivity contribution in [2.75, 3.05) is 33.2 Å². The van der Waals surface area contributed by atoms with Crippen LogP contribution in [-0.4, -0.2) is 33.9 Å². The minimum atomic E-state index is -0.459. The summed E-state index contributed by atoms with van der Waals surface area (Å²) in [4.78, 5) is 12.1. The number of amides is 2. The van der Waals surface area contributed by atoms with E-state index in [-0.39, 0.29) is 12.4 Å². The second-order valence-electron chi connectivity index (χ2n) is 5.18. The summed E-state index contributed by atoms with van der Waals surface area (Å²) in [6.07, 6.45) is -0.459. The highest BCUT2D eigenvalue weighted by Gasteiger charge is 2.14. The molecule has 0 heterocycles. The van der Waals surface area contributed by atoms with Crippen LogP contribution >= 0.6 is 0 Å². The van der Waals surface area contributed by atoms with Crippen molar-refractivity contribution in [2.45, 2.75) is 6.10 Å². The van der Waals surface area contributed by atoms with Gasteiger partial charge in [-0.2, -0.15) is 0 Å². The molecular formula is C18H21FN2O4. The first-order valence-electron chi connectivity index (χ1n) is 7.62. The zero-order valence-electron chi connectivity index (χ0n) is 14.3. The Morgan fingerprint density at radius 1 is 1.12 bits per heavy atom. The Morgan fingerprint density at radius 2 is 1.92 bits per heavy atom. The molecule has 2 N–H and O–H groups in total. The minimum Gasteiger partial charge on any atom is -0.497 e. The molecule has 6 nitrogen and oxygen atoms in total. The Balaban J connectivity index is 1.98. The quantitative estimate of drug-likeness (QED) is 0.805. The van der Waals surface area contributed by atoms with Gasteiger partial charge in [0.05, 0.1) is 26.0 Å². The van der Waals surface area contributed by atoms with Crippen LogP contribution in [0.15, 0.2) is 42.5 Å². The number of hydrogen-bond acceptors (Lipinski definition) is 4. The molecule has 2 aromatic rings. The second-order valence-corrected chi connectivity index (χ2v) is 5.18. The number of rotatable bonds is 7. The lowest BCUT2D eigenvalue weighted by Crippen LogP contribution is -2.33. The average molecular weight is 348 g/mol. The summed E-state index contributed by atoms with van der Waals surface area (Å²) >= 11 is 0. The third-order valence-electron chi connectivity index (χ3n) is 3.61. The van der Waals surface area contributed by atoms with Crippen molar-refractivity contribution in [3.8, 4) is 11.5 Å². The van der Waals surface area contributed by atoms with Crippen molar-refractivity contribution in [1.29, 1.82) is 0 Å². The predicted molar refractivity (Wildman–Crippen MR) is 92.7 cm³/mol. The second kappa shape index (κ2) is 8.89. The fraction of sp³-hybridized carbons (Fsp3) is 0.278. The summed E-state index contributed by atoms with van der Waals surface area (Å²) in [7, 11) is 4.55. The van der Waals surface area contributed by atoms with E-state index in [1.807, 2.05) is 0 Å². The number of halogens is 1. The zero-order valence-corrected chi connectivity index (χ0v) is 14.3. The summed E-state index contributed by atoms with van der Waals surface area (Å²) in [5, 5.41) is 5.39. The molecule has 0 bridgehead atoms. The molecule has 1 atom stereocenters. The number of carbonyl (C=O) groups excluding carboxylic acids is 1. The maximum absolute atomic E-state index is 13.3. The molecule has 2 aromatic carbocycles. The first-order chi connectivity index (χ1) is 12.1. The highest BCUT2D eigenvalue weighted by molar-refractivity contribution is 5.91. The third-order valence-corrected chi connectivity index (χ3v) is 3.61. The Hall–Kier alpha value is -2.80. The average Bonchev–Trinajstić information content (AvgIpc) is 2.62. The van der Waals surface area contributed by atoms with Gasteiger partial charge in [0, 0.05) is 19.7 Å². The first-order valence-corrected chi connectivity index (χ1v) is 7.62. The molecule has 2 rings (SSSR count). The summed E-state index contributed by atoms with van der Waals surface area (Å²) < 4.78 is 29.0. The van der Waals surface area contributed by atoms with E-state index in [9.17, 15) is 9.18 Å². The van der Waals surface area contributed by atoms with Gasteiger partial charge in [-0.05, 0) is 29.8 Å². The van der Waals surface area contributed by atoms with Crippen LogP contribution in [-0.2, 0) is 4.74 Å². The molecule has 0 aliphatic rings. The van der Waals surface area contributed by atoms with Crippen LogP contribution in [0.5, 0.6) is 11.5 Å². The Kier molecular flexibility index (Phi) is 6.59. The highest BCUT2D eigenvalue weighted by Crippen LogP contribution is 2.28. The van der Waals surface area contributed by atoms with Gasteiger partial charge < -0.3 is 24.8 Å². The van der Waals surface area contributed by atoms with Gasteiger partial charge in [0.2, 0.25) is 0 Å². The van der Waals surface area contributed by atoms with E-state index >= 15 is 0 Å². The maximum atomic E-state index is 13.3. The summed E-state index contributed by atoms with van der Waals surface area (Å²) in [5.74, 6) is 0.739. The van der Waals surface area contributed by atoms with E-state index in [4.69, 9.17) is 14.2 Å². The lowest BCUT2D eigenvalue weighted by atomic mass is 10.1. The standard InChI is InChI=1S/C18H21FN2O4/c1-23-14-7-8-15(16(10-14)24-2)21-18(22)20-11-17(25-3)12-5-4-6-13(19)9-12/h4-10,17H,11H2,1-3H3,(H2,20,21,22)/t17-/m0/s1. The monoisotopic (exact) mass is 348 g/mol. The number of ether oxygens (including phenoxy) is 3. The van der Waals surface area contributed by atoms with Gasteiger partial charge in [-0.15, -0.1) is 0 Å². The molecule has 0 aromatic heterocycles. The smallest absolute Gasteiger partial charge is 0.319 e. The van der Waals surface area contributed by atoms with E-state index < -0.39 is 12.1 Å². The predicted octanol–water partition coefficient (Wildman–Crippen LogP) is 3.35. The molecule has 7 heteroatoms. The lowest BCUT2D eigenvalue weighted by Gasteiger charge is -2.17. The fourth-order valence-corrected chi connectivity index (χ4v) is 2.30. The van der Waals surface area contributed by atoms with Crippen molar-refractivity contribution < 1.29 is 23.4 Å². The molecule has 134 valence electrons. The first kappa shape index (κ1) is 18.5. The summed E-state index contributed by atoms with van der Waals surface area (Å²) in [6.45, 7) is 0.185. The molecule has 0 aliphatic heterocycles. The van der Waals surface area contributed by atoms with Crippen molar-refractivity contribution in [2.24, 2.45) is 0 Å². The normalized spacial score (nSPS) is 11.5. The Labute approximate surface area is 145 Å². The number of hydrogen-bond donors (Lipinski definition) is 2. The van der Waals surface area contributed by atoms with Crippen molar-refractivity contribution in [1.82, 2.24) is 5.32 Å². The van der Waals surface area contributed by atoms with E-state index in [0.717, 1.165) is 0 Å². The molecule has 0 unspecified atom stereocenters. The van der Waals surface area contributed by atoms with Gasteiger partial charge in [-0.25, -0.2) is 9.18 Å². The molecule has 0 saturated heterocycles. The van der Waals surface area contributed by atoms with Crippen molar-refractivity contribution in [3.05, 3.63) is 53.8 Å². The topological polar surface area (TPSA) is 68.8 Å². The summed E-state index contributed by atoms with van der Waals surface area (Å²) in [6, 6.07) is 10.7. The molecular weight excluding hydrogens is 327 g/mol. The summed E-state index contributed by atoms with van der Waals surface area (Å²) in [5.41, 5.74) is 1.14.